The molecule has 4 heteroatoms. The molecule has 0 radical (unpaired) electrons. The van der Waals surface area contributed by atoms with Gasteiger partial charge in [-0.25, -0.2) is 0 Å². The van der Waals surface area contributed by atoms with E-state index in [1.807, 2.05) is 42.3 Å². The molecule has 1 unspecified atom stereocenters. The van der Waals surface area contributed by atoms with Crippen LogP contribution in [-0.4, -0.2) is 42.7 Å². The molecule has 0 aromatic heterocycles. The molecule has 1 fully saturated rings. The Kier molecular flexibility index (Phi) is 5.73. The summed E-state index contributed by atoms with van der Waals surface area (Å²) in [5.74, 6) is 0.769. The van der Waals surface area contributed by atoms with Crippen molar-refractivity contribution in [1.82, 2.24) is 10.2 Å². The SMILES string of the molecule is CN(C(=O)CSc1ccccc1)C1CCCNCC1. The van der Waals surface area contributed by atoms with Crippen LogP contribution in [0.25, 0.3) is 0 Å². The highest BCUT2D eigenvalue weighted by atomic mass is 32.2. The number of hydrogen-bond donors (Lipinski definition) is 1. The van der Waals surface area contributed by atoms with Gasteiger partial charge in [-0.2, -0.15) is 0 Å². The maximum Gasteiger partial charge on any atom is 0.232 e. The molecule has 1 saturated heterocycles. The molecular formula is C15H22N2OS. The van der Waals surface area contributed by atoms with Crippen molar-refractivity contribution in [3.63, 3.8) is 0 Å². The lowest BCUT2D eigenvalue weighted by Gasteiger charge is -2.27. The van der Waals surface area contributed by atoms with E-state index in [2.05, 4.69) is 5.32 Å². The minimum atomic E-state index is 0.237. The monoisotopic (exact) mass is 278 g/mol. The Balaban J connectivity index is 1.81. The molecule has 1 aromatic carbocycles. The first-order valence-electron chi connectivity index (χ1n) is 6.91. The summed E-state index contributed by atoms with van der Waals surface area (Å²) in [4.78, 5) is 15.3. The van der Waals surface area contributed by atoms with Gasteiger partial charge < -0.3 is 10.2 Å². The number of benzene rings is 1. The molecule has 1 aromatic rings. The molecule has 0 aliphatic carbocycles. The van der Waals surface area contributed by atoms with Crippen LogP contribution in [0, 0.1) is 0 Å². The lowest BCUT2D eigenvalue weighted by Crippen LogP contribution is -2.38. The molecule has 1 aliphatic rings. The summed E-state index contributed by atoms with van der Waals surface area (Å²) in [6.45, 7) is 2.10. The van der Waals surface area contributed by atoms with Gasteiger partial charge in [0.25, 0.3) is 0 Å². The number of thioether (sulfide) groups is 1. The second kappa shape index (κ2) is 7.56. The number of amides is 1. The average Bonchev–Trinajstić information content (AvgIpc) is 2.74. The topological polar surface area (TPSA) is 32.3 Å². The smallest absolute Gasteiger partial charge is 0.232 e. The van der Waals surface area contributed by atoms with E-state index in [0.29, 0.717) is 11.8 Å². The second-order valence-electron chi connectivity index (χ2n) is 4.94. The van der Waals surface area contributed by atoms with Gasteiger partial charge in [-0.15, -0.1) is 11.8 Å². The van der Waals surface area contributed by atoms with Crippen molar-refractivity contribution in [2.45, 2.75) is 30.2 Å². The van der Waals surface area contributed by atoms with Crippen LogP contribution < -0.4 is 5.32 Å². The molecule has 19 heavy (non-hydrogen) atoms. The van der Waals surface area contributed by atoms with Crippen LogP contribution in [0.1, 0.15) is 19.3 Å². The number of carbonyl (C=O) groups excluding carboxylic acids is 1. The van der Waals surface area contributed by atoms with Crippen molar-refractivity contribution in [2.75, 3.05) is 25.9 Å². The molecule has 1 atom stereocenters. The van der Waals surface area contributed by atoms with E-state index >= 15 is 0 Å². The number of hydrogen-bond acceptors (Lipinski definition) is 3. The van der Waals surface area contributed by atoms with E-state index in [-0.39, 0.29) is 5.91 Å². The van der Waals surface area contributed by atoms with Crippen molar-refractivity contribution in [3.8, 4) is 0 Å². The van der Waals surface area contributed by atoms with Gasteiger partial charge in [-0.3, -0.25) is 4.79 Å². The third-order valence-electron chi connectivity index (χ3n) is 3.59. The fraction of sp³-hybridized carbons (Fsp3) is 0.533. The Labute approximate surface area is 119 Å². The molecule has 0 bridgehead atoms. The fourth-order valence-corrected chi connectivity index (χ4v) is 3.20. The summed E-state index contributed by atoms with van der Waals surface area (Å²) in [5, 5.41) is 3.39. The Morgan fingerprint density at radius 3 is 2.89 bits per heavy atom. The van der Waals surface area contributed by atoms with Crippen molar-refractivity contribution in [2.24, 2.45) is 0 Å². The van der Waals surface area contributed by atoms with Gasteiger partial charge >= 0.3 is 0 Å². The van der Waals surface area contributed by atoms with E-state index in [1.165, 1.54) is 0 Å². The summed E-state index contributed by atoms with van der Waals surface area (Å²) < 4.78 is 0. The van der Waals surface area contributed by atoms with E-state index in [9.17, 15) is 4.79 Å². The first-order valence-corrected chi connectivity index (χ1v) is 7.90. The quantitative estimate of drug-likeness (QED) is 0.858. The molecule has 1 N–H and O–H groups in total. The summed E-state index contributed by atoms with van der Waals surface area (Å²) in [5.41, 5.74) is 0. The van der Waals surface area contributed by atoms with Crippen molar-refractivity contribution < 1.29 is 4.79 Å². The van der Waals surface area contributed by atoms with Crippen LogP contribution in [0.2, 0.25) is 0 Å². The maximum atomic E-state index is 12.2. The van der Waals surface area contributed by atoms with E-state index in [1.54, 1.807) is 11.8 Å². The normalized spacial score (nSPS) is 19.7. The molecule has 1 amide bonds. The Hall–Kier alpha value is -1.00. The van der Waals surface area contributed by atoms with Crippen LogP contribution >= 0.6 is 11.8 Å². The van der Waals surface area contributed by atoms with E-state index in [0.717, 1.165) is 37.2 Å². The minimum absolute atomic E-state index is 0.237. The molecule has 2 rings (SSSR count). The highest BCUT2D eigenvalue weighted by Crippen LogP contribution is 2.19. The van der Waals surface area contributed by atoms with Gasteiger partial charge in [0.2, 0.25) is 5.91 Å². The average molecular weight is 278 g/mol. The zero-order valence-corrected chi connectivity index (χ0v) is 12.3. The van der Waals surface area contributed by atoms with Crippen LogP contribution in [-0.2, 0) is 4.79 Å². The lowest BCUT2D eigenvalue weighted by molar-refractivity contribution is -0.129. The number of nitrogens with one attached hydrogen (secondary N) is 1. The molecule has 1 aliphatic heterocycles. The summed E-state index contributed by atoms with van der Waals surface area (Å²) in [7, 11) is 1.95. The molecule has 0 spiro atoms. The minimum Gasteiger partial charge on any atom is -0.342 e. The molecule has 104 valence electrons. The van der Waals surface area contributed by atoms with Crippen LogP contribution in [0.4, 0.5) is 0 Å². The highest BCUT2D eigenvalue weighted by molar-refractivity contribution is 8.00. The Bertz CT molecular complexity index is 388. The molecule has 0 saturated carbocycles. The zero-order valence-electron chi connectivity index (χ0n) is 11.5. The Morgan fingerprint density at radius 1 is 1.32 bits per heavy atom. The standard InChI is InChI=1S/C15H22N2OS/c1-17(13-6-5-10-16-11-9-13)15(18)12-19-14-7-3-2-4-8-14/h2-4,7-8,13,16H,5-6,9-12H2,1H3. The first kappa shape index (κ1) is 14.4. The first-order chi connectivity index (χ1) is 9.27. The number of carbonyl (C=O) groups is 1. The van der Waals surface area contributed by atoms with Gasteiger partial charge in [0.15, 0.2) is 0 Å². The van der Waals surface area contributed by atoms with Crippen molar-refractivity contribution in [1.29, 1.82) is 0 Å². The summed E-state index contributed by atoms with van der Waals surface area (Å²) in [6.07, 6.45) is 3.34. The van der Waals surface area contributed by atoms with Crippen molar-refractivity contribution >= 4 is 17.7 Å². The lowest BCUT2D eigenvalue weighted by atomic mass is 10.1. The van der Waals surface area contributed by atoms with Crippen LogP contribution in [0.3, 0.4) is 0 Å². The van der Waals surface area contributed by atoms with Crippen LogP contribution in [0.15, 0.2) is 35.2 Å². The highest BCUT2D eigenvalue weighted by Gasteiger charge is 2.20. The summed E-state index contributed by atoms with van der Waals surface area (Å²) in [6, 6.07) is 10.5. The van der Waals surface area contributed by atoms with Gasteiger partial charge in [0, 0.05) is 18.0 Å². The fourth-order valence-electron chi connectivity index (χ4n) is 2.36. The number of rotatable bonds is 4. The van der Waals surface area contributed by atoms with E-state index < -0.39 is 0 Å². The molecular weight excluding hydrogens is 256 g/mol. The van der Waals surface area contributed by atoms with Gasteiger partial charge in [0.1, 0.15) is 0 Å². The van der Waals surface area contributed by atoms with E-state index in [4.69, 9.17) is 0 Å². The Morgan fingerprint density at radius 2 is 2.11 bits per heavy atom. The third kappa shape index (κ3) is 4.55. The predicted molar refractivity (Wildman–Crippen MR) is 80.4 cm³/mol. The summed E-state index contributed by atoms with van der Waals surface area (Å²) >= 11 is 1.62. The maximum absolute atomic E-state index is 12.2. The predicted octanol–water partition coefficient (Wildman–Crippen LogP) is 2.38. The van der Waals surface area contributed by atoms with Crippen molar-refractivity contribution in [3.05, 3.63) is 30.3 Å². The van der Waals surface area contributed by atoms with Gasteiger partial charge in [-0.05, 0) is 44.5 Å². The molecule has 1 heterocycles. The van der Waals surface area contributed by atoms with Gasteiger partial charge in [0.05, 0.1) is 5.75 Å². The van der Waals surface area contributed by atoms with Gasteiger partial charge in [-0.1, -0.05) is 18.2 Å². The number of nitrogens with zero attached hydrogens (tertiary/aromatic N) is 1. The molecule has 3 nitrogen and oxygen atoms in total. The largest absolute Gasteiger partial charge is 0.342 e. The van der Waals surface area contributed by atoms with Crippen LogP contribution in [0.5, 0.6) is 0 Å². The third-order valence-corrected chi connectivity index (χ3v) is 4.59. The second-order valence-corrected chi connectivity index (χ2v) is 5.99. The zero-order chi connectivity index (χ0) is 13.5.